The summed E-state index contributed by atoms with van der Waals surface area (Å²) in [5.41, 5.74) is 6.73. The average Bonchev–Trinajstić information content (AvgIpc) is 2.62. The lowest BCUT2D eigenvalue weighted by atomic mass is 10.3. The summed E-state index contributed by atoms with van der Waals surface area (Å²) in [5.74, 6) is 0.354. The van der Waals surface area contributed by atoms with Crippen LogP contribution in [0.25, 0.3) is 11.4 Å². The van der Waals surface area contributed by atoms with Crippen molar-refractivity contribution < 1.29 is 4.52 Å². The molecule has 0 aromatic carbocycles. The quantitative estimate of drug-likeness (QED) is 0.817. The predicted octanol–water partition coefficient (Wildman–Crippen LogP) is 1.48. The van der Waals surface area contributed by atoms with Gasteiger partial charge in [0.25, 0.3) is 0 Å². The minimum Gasteiger partial charge on any atom is -0.381 e. The lowest BCUT2D eigenvalue weighted by molar-refractivity contribution is 0.422. The third kappa shape index (κ3) is 1.52. The molecule has 2 heterocycles. The van der Waals surface area contributed by atoms with E-state index >= 15 is 0 Å². The Balaban J connectivity index is 2.49. The molecule has 2 aromatic heterocycles. The fourth-order valence-corrected chi connectivity index (χ4v) is 1.14. The van der Waals surface area contributed by atoms with E-state index in [1.807, 2.05) is 0 Å². The van der Waals surface area contributed by atoms with E-state index in [1.165, 1.54) is 12.5 Å². The smallest absolute Gasteiger partial charge is 0.156 e. The third-order valence-corrected chi connectivity index (χ3v) is 2.04. The number of anilines is 1. The molecule has 0 amide bonds. The van der Waals surface area contributed by atoms with Gasteiger partial charge in [0.15, 0.2) is 5.82 Å². The van der Waals surface area contributed by atoms with E-state index in [1.54, 1.807) is 6.07 Å². The van der Waals surface area contributed by atoms with Crippen molar-refractivity contribution in [3.05, 3.63) is 23.1 Å². The van der Waals surface area contributed by atoms with E-state index in [4.69, 9.17) is 5.73 Å². The number of nitrogens with two attached hydrogens (primary N) is 1. The molecule has 0 radical (unpaired) electrons. The van der Waals surface area contributed by atoms with E-state index in [9.17, 15) is 0 Å². The molecule has 2 rings (SSSR count). The van der Waals surface area contributed by atoms with Crippen LogP contribution in [0.4, 0.5) is 5.82 Å². The van der Waals surface area contributed by atoms with Gasteiger partial charge in [-0.2, -0.15) is 0 Å². The Hall–Kier alpha value is -1.43. The predicted molar refractivity (Wildman–Crippen MR) is 49.6 cm³/mol. The summed E-state index contributed by atoms with van der Waals surface area (Å²) in [6, 6.07) is 1.70. The first kappa shape index (κ1) is 8.18. The minimum absolute atomic E-state index is 0.354. The highest BCUT2D eigenvalue weighted by atomic mass is 79.9. The molecule has 0 saturated carbocycles. The van der Waals surface area contributed by atoms with Crippen molar-refractivity contribution >= 4 is 21.7 Å². The van der Waals surface area contributed by atoms with E-state index in [2.05, 4.69) is 35.6 Å². The maximum atomic E-state index is 5.48. The molecule has 0 spiro atoms. The van der Waals surface area contributed by atoms with Gasteiger partial charge in [0.1, 0.15) is 22.3 Å². The van der Waals surface area contributed by atoms with Crippen LogP contribution in [-0.2, 0) is 0 Å². The van der Waals surface area contributed by atoms with Gasteiger partial charge >= 0.3 is 0 Å². The molecule has 6 heteroatoms. The fraction of sp³-hybridized carbons (Fsp3) is 0. The normalized spacial score (nSPS) is 10.2. The Bertz CT molecular complexity index is 414. The van der Waals surface area contributed by atoms with Gasteiger partial charge in [0.05, 0.1) is 6.20 Å². The van der Waals surface area contributed by atoms with E-state index in [-0.39, 0.29) is 0 Å². The maximum Gasteiger partial charge on any atom is 0.156 e. The van der Waals surface area contributed by atoms with Gasteiger partial charge in [-0.1, -0.05) is 5.16 Å². The van der Waals surface area contributed by atoms with Crippen molar-refractivity contribution in [1.82, 2.24) is 15.1 Å². The van der Waals surface area contributed by atoms with Crippen molar-refractivity contribution in [1.29, 1.82) is 0 Å². The summed E-state index contributed by atoms with van der Waals surface area (Å²) >= 11 is 3.17. The summed E-state index contributed by atoms with van der Waals surface area (Å²) in [6.45, 7) is 0. The Morgan fingerprint density at radius 3 is 2.85 bits per heavy atom. The zero-order chi connectivity index (χ0) is 9.26. The number of hydrogen-bond acceptors (Lipinski definition) is 5. The van der Waals surface area contributed by atoms with Crippen LogP contribution in [0.2, 0.25) is 0 Å². The van der Waals surface area contributed by atoms with Gasteiger partial charge in [0.2, 0.25) is 0 Å². The minimum atomic E-state index is 0.354. The van der Waals surface area contributed by atoms with Crippen molar-refractivity contribution in [2.24, 2.45) is 0 Å². The van der Waals surface area contributed by atoms with Crippen LogP contribution < -0.4 is 5.73 Å². The Morgan fingerprint density at radius 2 is 2.23 bits per heavy atom. The number of aromatic nitrogens is 3. The summed E-state index contributed by atoms with van der Waals surface area (Å²) in [7, 11) is 0. The molecule has 0 atom stereocenters. The SMILES string of the molecule is Nc1ncc(-c2ccon2)nc1Br. The molecule has 0 unspecified atom stereocenters. The Kier molecular flexibility index (Phi) is 1.97. The molecule has 0 aliphatic carbocycles. The lowest BCUT2D eigenvalue weighted by Crippen LogP contribution is -1.95. The van der Waals surface area contributed by atoms with Crippen LogP contribution in [0.3, 0.4) is 0 Å². The second kappa shape index (κ2) is 3.14. The summed E-state index contributed by atoms with van der Waals surface area (Å²) < 4.78 is 5.18. The van der Waals surface area contributed by atoms with Crippen LogP contribution in [0.5, 0.6) is 0 Å². The zero-order valence-corrected chi connectivity index (χ0v) is 8.02. The molecule has 2 N–H and O–H groups in total. The van der Waals surface area contributed by atoms with E-state index in [0.29, 0.717) is 21.8 Å². The zero-order valence-electron chi connectivity index (χ0n) is 6.44. The topological polar surface area (TPSA) is 77.8 Å². The van der Waals surface area contributed by atoms with Crippen molar-refractivity contribution in [3.63, 3.8) is 0 Å². The first-order valence-electron chi connectivity index (χ1n) is 3.46. The molecule has 0 aliphatic rings. The van der Waals surface area contributed by atoms with Gasteiger partial charge < -0.3 is 10.3 Å². The largest absolute Gasteiger partial charge is 0.381 e. The number of hydrogen-bond donors (Lipinski definition) is 1. The second-order valence-electron chi connectivity index (χ2n) is 2.32. The molecule has 13 heavy (non-hydrogen) atoms. The maximum absolute atomic E-state index is 5.48. The van der Waals surface area contributed by atoms with Crippen molar-refractivity contribution in [2.75, 3.05) is 5.73 Å². The van der Waals surface area contributed by atoms with Crippen molar-refractivity contribution in [3.8, 4) is 11.4 Å². The Morgan fingerprint density at radius 1 is 1.38 bits per heavy atom. The van der Waals surface area contributed by atoms with Gasteiger partial charge in [-0.15, -0.1) is 0 Å². The molecule has 0 bridgehead atoms. The molecular weight excluding hydrogens is 236 g/mol. The monoisotopic (exact) mass is 240 g/mol. The summed E-state index contributed by atoms with van der Waals surface area (Å²) in [5, 5.41) is 3.72. The number of nitrogen functional groups attached to an aromatic ring is 1. The van der Waals surface area contributed by atoms with Crippen molar-refractivity contribution in [2.45, 2.75) is 0 Å². The highest BCUT2D eigenvalue weighted by molar-refractivity contribution is 9.10. The molecular formula is C7H5BrN4O. The van der Waals surface area contributed by atoms with Gasteiger partial charge in [-0.3, -0.25) is 0 Å². The lowest BCUT2D eigenvalue weighted by Gasteiger charge is -1.97. The third-order valence-electron chi connectivity index (χ3n) is 1.46. The Labute approximate surface area is 82.1 Å². The van der Waals surface area contributed by atoms with Gasteiger partial charge in [0, 0.05) is 6.07 Å². The van der Waals surface area contributed by atoms with E-state index < -0.39 is 0 Å². The molecule has 0 fully saturated rings. The van der Waals surface area contributed by atoms with E-state index in [0.717, 1.165) is 0 Å². The van der Waals surface area contributed by atoms with Crippen LogP contribution in [0, 0.1) is 0 Å². The standard InChI is InChI=1S/C7H5BrN4O/c8-6-7(9)10-3-5(11-6)4-1-2-13-12-4/h1-3H,(H2,9,10). The number of halogens is 1. The molecule has 5 nitrogen and oxygen atoms in total. The summed E-state index contributed by atoms with van der Waals surface area (Å²) in [6.07, 6.45) is 3.01. The number of nitrogens with zero attached hydrogens (tertiary/aromatic N) is 3. The molecule has 0 aliphatic heterocycles. The second-order valence-corrected chi connectivity index (χ2v) is 3.07. The highest BCUT2D eigenvalue weighted by Crippen LogP contribution is 2.19. The first-order chi connectivity index (χ1) is 6.27. The number of rotatable bonds is 1. The average molecular weight is 241 g/mol. The van der Waals surface area contributed by atoms with Crippen LogP contribution >= 0.6 is 15.9 Å². The molecule has 0 saturated heterocycles. The fourth-order valence-electron chi connectivity index (χ4n) is 0.844. The first-order valence-corrected chi connectivity index (χ1v) is 4.25. The van der Waals surface area contributed by atoms with Gasteiger partial charge in [-0.25, -0.2) is 9.97 Å². The van der Waals surface area contributed by atoms with Crippen LogP contribution in [0.1, 0.15) is 0 Å². The highest BCUT2D eigenvalue weighted by Gasteiger charge is 2.05. The van der Waals surface area contributed by atoms with Crippen LogP contribution in [-0.4, -0.2) is 15.1 Å². The summed E-state index contributed by atoms with van der Waals surface area (Å²) in [4.78, 5) is 8.04. The molecule has 66 valence electrons. The molecule has 2 aromatic rings. The van der Waals surface area contributed by atoms with Gasteiger partial charge in [-0.05, 0) is 15.9 Å². The van der Waals surface area contributed by atoms with Crippen LogP contribution in [0.15, 0.2) is 27.7 Å².